The molecule has 2 aromatic rings. The van der Waals surface area contributed by atoms with E-state index in [2.05, 4.69) is 44.2 Å². The Morgan fingerprint density at radius 2 is 1.80 bits per heavy atom. The molecule has 0 amide bonds. The van der Waals surface area contributed by atoms with Gasteiger partial charge < -0.3 is 0 Å². The van der Waals surface area contributed by atoms with Crippen molar-refractivity contribution in [3.63, 3.8) is 0 Å². The molecule has 0 heterocycles. The maximum atomic E-state index is 12.2. The predicted octanol–water partition coefficient (Wildman–Crippen LogP) is 5.03. The third-order valence-electron chi connectivity index (χ3n) is 4.28. The van der Waals surface area contributed by atoms with Crippen molar-refractivity contribution in [2.45, 2.75) is 26.7 Å². The summed E-state index contributed by atoms with van der Waals surface area (Å²) in [4.78, 5) is 12.2. The summed E-state index contributed by atoms with van der Waals surface area (Å²) in [6.07, 6.45) is 4.35. The molecule has 1 aliphatic carbocycles. The van der Waals surface area contributed by atoms with Crippen LogP contribution in [0, 0.1) is 0 Å². The number of allylic oxidation sites excluding steroid dienone is 4. The lowest BCUT2D eigenvalue weighted by atomic mass is 9.86. The van der Waals surface area contributed by atoms with Gasteiger partial charge in [-0.3, -0.25) is 4.79 Å². The fourth-order valence-corrected chi connectivity index (χ4v) is 3.04. The summed E-state index contributed by atoms with van der Waals surface area (Å²) in [7, 11) is 0. The number of hydrogen-bond donors (Lipinski definition) is 0. The van der Waals surface area contributed by atoms with Crippen LogP contribution in [0.2, 0.25) is 0 Å². The second-order valence-electron chi connectivity index (χ2n) is 5.51. The first kappa shape index (κ1) is 12.9. The van der Waals surface area contributed by atoms with Gasteiger partial charge in [0.15, 0.2) is 5.78 Å². The summed E-state index contributed by atoms with van der Waals surface area (Å²) in [5.41, 5.74) is 4.63. The molecule has 0 aromatic heterocycles. The Morgan fingerprint density at radius 1 is 1.05 bits per heavy atom. The zero-order chi connectivity index (χ0) is 14.3. The Morgan fingerprint density at radius 3 is 2.45 bits per heavy atom. The lowest BCUT2D eigenvalue weighted by molar-refractivity contribution is 0.101. The van der Waals surface area contributed by atoms with Gasteiger partial charge in [0.2, 0.25) is 0 Å². The summed E-state index contributed by atoms with van der Waals surface area (Å²) in [6, 6.07) is 12.3. The van der Waals surface area contributed by atoms with Crippen LogP contribution in [-0.2, 0) is 0 Å². The predicted molar refractivity (Wildman–Crippen MR) is 84.2 cm³/mol. The van der Waals surface area contributed by atoms with Crippen LogP contribution in [-0.4, -0.2) is 5.78 Å². The minimum Gasteiger partial charge on any atom is -0.294 e. The average Bonchev–Trinajstić information content (AvgIpc) is 2.77. The Kier molecular flexibility index (Phi) is 3.06. The first-order valence-corrected chi connectivity index (χ1v) is 6.97. The van der Waals surface area contributed by atoms with Crippen LogP contribution in [0.3, 0.4) is 0 Å². The lowest BCUT2D eigenvalue weighted by Crippen LogP contribution is -2.05. The number of hydrogen-bond acceptors (Lipinski definition) is 1. The first-order chi connectivity index (χ1) is 9.59. The summed E-state index contributed by atoms with van der Waals surface area (Å²) in [5, 5.41) is 2.19. The van der Waals surface area contributed by atoms with Crippen molar-refractivity contribution in [3.05, 3.63) is 70.8 Å². The van der Waals surface area contributed by atoms with Gasteiger partial charge in [-0.1, -0.05) is 59.7 Å². The van der Waals surface area contributed by atoms with Gasteiger partial charge in [0.05, 0.1) is 0 Å². The highest BCUT2D eigenvalue weighted by molar-refractivity contribution is 6.08. The van der Waals surface area contributed by atoms with Gasteiger partial charge in [0.1, 0.15) is 0 Å². The molecule has 1 nitrogen and oxygen atoms in total. The van der Waals surface area contributed by atoms with Crippen LogP contribution >= 0.6 is 0 Å². The van der Waals surface area contributed by atoms with Gasteiger partial charge >= 0.3 is 0 Å². The number of carbonyl (C=O) groups is 1. The number of benzene rings is 2. The summed E-state index contributed by atoms with van der Waals surface area (Å²) in [5.74, 6) is 0.376. The summed E-state index contributed by atoms with van der Waals surface area (Å²) in [6.45, 7) is 5.94. The van der Waals surface area contributed by atoms with Crippen LogP contribution < -0.4 is 0 Å². The molecule has 0 radical (unpaired) electrons. The van der Waals surface area contributed by atoms with Crippen LogP contribution in [0.5, 0.6) is 0 Å². The highest BCUT2D eigenvalue weighted by atomic mass is 16.1. The largest absolute Gasteiger partial charge is 0.294 e. The molecule has 1 atom stereocenters. The quantitative estimate of drug-likeness (QED) is 0.693. The minimum absolute atomic E-state index is 0.141. The van der Waals surface area contributed by atoms with Gasteiger partial charge in [-0.25, -0.2) is 0 Å². The van der Waals surface area contributed by atoms with E-state index in [1.165, 1.54) is 11.1 Å². The molecule has 0 bridgehead atoms. The van der Waals surface area contributed by atoms with Crippen molar-refractivity contribution in [2.75, 3.05) is 0 Å². The van der Waals surface area contributed by atoms with E-state index in [1.54, 1.807) is 6.92 Å². The van der Waals surface area contributed by atoms with Gasteiger partial charge in [0.25, 0.3) is 0 Å². The zero-order valence-corrected chi connectivity index (χ0v) is 12.1. The van der Waals surface area contributed by atoms with Gasteiger partial charge in [-0.2, -0.15) is 0 Å². The van der Waals surface area contributed by atoms with E-state index in [9.17, 15) is 4.79 Å². The molecule has 0 saturated carbocycles. The first-order valence-electron chi connectivity index (χ1n) is 6.97. The maximum absolute atomic E-state index is 12.2. The van der Waals surface area contributed by atoms with Crippen molar-refractivity contribution < 1.29 is 4.79 Å². The minimum atomic E-state index is 0.141. The molecular formula is C19H18O. The molecular weight excluding hydrogens is 244 g/mol. The van der Waals surface area contributed by atoms with E-state index in [-0.39, 0.29) is 11.7 Å². The molecule has 20 heavy (non-hydrogen) atoms. The molecule has 0 fully saturated rings. The van der Waals surface area contributed by atoms with E-state index in [0.29, 0.717) is 0 Å². The van der Waals surface area contributed by atoms with Crippen LogP contribution in [0.15, 0.2) is 59.7 Å². The van der Waals surface area contributed by atoms with Gasteiger partial charge in [-0.05, 0) is 37.1 Å². The molecule has 1 unspecified atom stereocenters. The van der Waals surface area contributed by atoms with Crippen molar-refractivity contribution in [2.24, 2.45) is 0 Å². The summed E-state index contributed by atoms with van der Waals surface area (Å²) >= 11 is 0. The third kappa shape index (κ3) is 1.90. The topological polar surface area (TPSA) is 17.1 Å². The van der Waals surface area contributed by atoms with Crippen LogP contribution in [0.4, 0.5) is 0 Å². The van der Waals surface area contributed by atoms with Crippen LogP contribution in [0.25, 0.3) is 10.8 Å². The van der Waals surface area contributed by atoms with Crippen molar-refractivity contribution in [1.29, 1.82) is 0 Å². The highest BCUT2D eigenvalue weighted by Gasteiger charge is 2.22. The smallest absolute Gasteiger partial charge is 0.160 e. The Bertz CT molecular complexity index is 762. The molecule has 1 aliphatic rings. The van der Waals surface area contributed by atoms with Crippen molar-refractivity contribution in [1.82, 2.24) is 0 Å². The number of fused-ring (bicyclic) bond motifs is 1. The third-order valence-corrected chi connectivity index (χ3v) is 4.28. The second kappa shape index (κ2) is 4.75. The molecule has 1 heteroatoms. The van der Waals surface area contributed by atoms with E-state index in [1.807, 2.05) is 18.2 Å². The fourth-order valence-electron chi connectivity index (χ4n) is 3.04. The van der Waals surface area contributed by atoms with E-state index in [0.717, 1.165) is 21.9 Å². The number of carbonyl (C=O) groups excluding carboxylic acids is 1. The summed E-state index contributed by atoms with van der Waals surface area (Å²) < 4.78 is 0. The second-order valence-corrected chi connectivity index (χ2v) is 5.51. The molecule has 0 aliphatic heterocycles. The van der Waals surface area contributed by atoms with Crippen molar-refractivity contribution >= 4 is 16.6 Å². The van der Waals surface area contributed by atoms with E-state index >= 15 is 0 Å². The zero-order valence-electron chi connectivity index (χ0n) is 12.1. The van der Waals surface area contributed by atoms with E-state index < -0.39 is 0 Å². The fraction of sp³-hybridized carbons (Fsp3) is 0.211. The van der Waals surface area contributed by atoms with Crippen LogP contribution in [0.1, 0.15) is 42.6 Å². The Balaban J connectivity index is 2.29. The molecule has 100 valence electrons. The standard InChI is InChI=1S/C19H18O/c1-12-8-10-16(13(12)2)18-11-9-15-6-4-5-7-17(15)19(18)14(3)20/h4-11,16H,1-3H3. The molecule has 0 N–H and O–H groups in total. The molecule has 0 spiro atoms. The monoisotopic (exact) mass is 262 g/mol. The average molecular weight is 262 g/mol. The molecule has 3 rings (SSSR count). The Labute approximate surface area is 119 Å². The number of Topliss-reactive ketones (excluding diaryl/α,β-unsaturated/α-hetero) is 1. The van der Waals surface area contributed by atoms with Gasteiger partial charge in [0, 0.05) is 11.5 Å². The van der Waals surface area contributed by atoms with Crippen molar-refractivity contribution in [3.8, 4) is 0 Å². The number of rotatable bonds is 2. The normalized spacial score (nSPS) is 18.1. The molecule has 2 aromatic carbocycles. The molecule has 0 saturated heterocycles. The lowest BCUT2D eigenvalue weighted by Gasteiger charge is -2.17. The van der Waals surface area contributed by atoms with Gasteiger partial charge in [-0.15, -0.1) is 0 Å². The SMILES string of the molecule is CC(=O)c1c(C2C=CC(C)=C2C)ccc2ccccc12. The highest BCUT2D eigenvalue weighted by Crippen LogP contribution is 2.37. The van der Waals surface area contributed by atoms with E-state index in [4.69, 9.17) is 0 Å². The Hall–Kier alpha value is -2.15. The maximum Gasteiger partial charge on any atom is 0.160 e. The number of ketones is 1.